The molecular formula is C21H21BrN4O2S. The summed E-state index contributed by atoms with van der Waals surface area (Å²) in [7, 11) is 0. The van der Waals surface area contributed by atoms with Crippen molar-refractivity contribution in [2.75, 3.05) is 6.54 Å². The van der Waals surface area contributed by atoms with Gasteiger partial charge in [-0.05, 0) is 58.9 Å². The molecule has 8 heteroatoms. The lowest BCUT2D eigenvalue weighted by Gasteiger charge is -2.06. The van der Waals surface area contributed by atoms with Gasteiger partial charge < -0.3 is 10.4 Å². The molecule has 1 amide bonds. The maximum Gasteiger partial charge on any atom is 0.252 e. The number of amides is 1. The van der Waals surface area contributed by atoms with Crippen molar-refractivity contribution in [2.24, 2.45) is 0 Å². The zero-order valence-electron chi connectivity index (χ0n) is 16.1. The Labute approximate surface area is 181 Å². The van der Waals surface area contributed by atoms with Crippen LogP contribution in [0.5, 0.6) is 5.75 Å². The predicted molar refractivity (Wildman–Crippen MR) is 119 cm³/mol. The molecule has 0 radical (unpaired) electrons. The van der Waals surface area contributed by atoms with Gasteiger partial charge in [-0.2, -0.15) is 16.4 Å². The average Bonchev–Trinajstić information content (AvgIpc) is 3.38. The van der Waals surface area contributed by atoms with Crippen molar-refractivity contribution in [1.82, 2.24) is 19.9 Å². The summed E-state index contributed by atoms with van der Waals surface area (Å²) in [4.78, 5) is 15.7. The van der Waals surface area contributed by atoms with Gasteiger partial charge in [0.05, 0.1) is 16.4 Å². The number of rotatable bonds is 4. The topological polar surface area (TPSA) is 79.5 Å². The van der Waals surface area contributed by atoms with Crippen LogP contribution in [0.3, 0.4) is 0 Å². The van der Waals surface area contributed by atoms with Gasteiger partial charge in [0.1, 0.15) is 5.75 Å². The third kappa shape index (κ3) is 5.02. The highest BCUT2D eigenvalue weighted by molar-refractivity contribution is 9.10. The minimum absolute atomic E-state index is 0.0353. The summed E-state index contributed by atoms with van der Waals surface area (Å²) < 4.78 is 2.59. The van der Waals surface area contributed by atoms with E-state index in [0.29, 0.717) is 0 Å². The molecule has 0 unspecified atom stereocenters. The molecule has 2 N–H and O–H groups in total. The first-order valence-electron chi connectivity index (χ1n) is 9.11. The summed E-state index contributed by atoms with van der Waals surface area (Å²) in [6.07, 6.45) is 2.69. The van der Waals surface area contributed by atoms with E-state index < -0.39 is 0 Å². The molecule has 0 aliphatic rings. The Morgan fingerprint density at radius 2 is 2.10 bits per heavy atom. The molecule has 3 aromatic heterocycles. The van der Waals surface area contributed by atoms with Gasteiger partial charge in [0.15, 0.2) is 5.65 Å². The van der Waals surface area contributed by atoms with Crippen LogP contribution in [0, 0.1) is 6.92 Å². The van der Waals surface area contributed by atoms with Crippen molar-refractivity contribution in [3.8, 4) is 17.0 Å². The first-order valence-corrected chi connectivity index (χ1v) is 10.8. The standard InChI is InChI=1S/C13H10BrN3O.C8H11NOS/c1-8-6-11(9-4-2-3-5-12(9)18)16-13-10(14)7-15-17(8)13;1-2-4-9-8(10)7-3-5-11-6-7/h2-7,18H,1H3;3,5-6H,2,4H2,1H3,(H,9,10). The zero-order chi connectivity index (χ0) is 20.8. The number of hydrogen-bond donors (Lipinski definition) is 2. The number of carbonyl (C=O) groups is 1. The van der Waals surface area contributed by atoms with Crippen LogP contribution in [0.15, 0.2) is 57.8 Å². The number of phenols is 1. The van der Waals surface area contributed by atoms with Gasteiger partial charge in [-0.15, -0.1) is 0 Å². The monoisotopic (exact) mass is 472 g/mol. The van der Waals surface area contributed by atoms with E-state index in [2.05, 4.69) is 31.3 Å². The molecule has 150 valence electrons. The maximum absolute atomic E-state index is 11.2. The minimum Gasteiger partial charge on any atom is -0.507 e. The molecule has 4 rings (SSSR count). The van der Waals surface area contributed by atoms with Crippen LogP contribution < -0.4 is 5.32 Å². The normalized spacial score (nSPS) is 10.4. The van der Waals surface area contributed by atoms with Crippen LogP contribution in [0.25, 0.3) is 16.9 Å². The van der Waals surface area contributed by atoms with E-state index >= 15 is 0 Å². The van der Waals surface area contributed by atoms with Gasteiger partial charge in [0.2, 0.25) is 0 Å². The number of para-hydroxylation sites is 1. The van der Waals surface area contributed by atoms with Crippen LogP contribution in [0.2, 0.25) is 0 Å². The van der Waals surface area contributed by atoms with Crippen molar-refractivity contribution in [3.05, 3.63) is 69.1 Å². The summed E-state index contributed by atoms with van der Waals surface area (Å²) >= 11 is 4.96. The first kappa shape index (κ1) is 21.0. The zero-order valence-corrected chi connectivity index (χ0v) is 18.5. The quantitative estimate of drug-likeness (QED) is 0.434. The highest BCUT2D eigenvalue weighted by Gasteiger charge is 2.11. The van der Waals surface area contributed by atoms with E-state index in [1.807, 2.05) is 48.9 Å². The molecule has 3 heterocycles. The third-order valence-electron chi connectivity index (χ3n) is 4.11. The lowest BCUT2D eigenvalue weighted by molar-refractivity contribution is 0.0954. The molecule has 0 saturated heterocycles. The second kappa shape index (κ2) is 9.67. The fourth-order valence-electron chi connectivity index (χ4n) is 2.65. The van der Waals surface area contributed by atoms with Gasteiger partial charge >= 0.3 is 0 Å². The third-order valence-corrected chi connectivity index (χ3v) is 5.35. The SMILES string of the molecule is CCCNC(=O)c1ccsc1.Cc1cc(-c2ccccc2O)nc2c(Br)cnn12. The van der Waals surface area contributed by atoms with Gasteiger partial charge in [-0.25, -0.2) is 9.50 Å². The Hall–Kier alpha value is -2.71. The number of nitrogens with one attached hydrogen (secondary N) is 1. The predicted octanol–water partition coefficient (Wildman–Crippen LogP) is 5.06. The van der Waals surface area contributed by atoms with E-state index in [1.165, 1.54) is 0 Å². The van der Waals surface area contributed by atoms with Crippen LogP contribution in [-0.4, -0.2) is 32.2 Å². The van der Waals surface area contributed by atoms with E-state index in [-0.39, 0.29) is 11.7 Å². The molecule has 4 aromatic rings. The summed E-state index contributed by atoms with van der Waals surface area (Å²) in [5.74, 6) is 0.262. The van der Waals surface area contributed by atoms with Crippen LogP contribution >= 0.6 is 27.3 Å². The Kier molecular flexibility index (Phi) is 7.00. The Morgan fingerprint density at radius 3 is 2.79 bits per heavy atom. The van der Waals surface area contributed by atoms with Crippen LogP contribution in [0.4, 0.5) is 0 Å². The van der Waals surface area contributed by atoms with E-state index in [0.717, 1.165) is 45.6 Å². The second-order valence-electron chi connectivity index (χ2n) is 6.30. The number of carbonyl (C=O) groups excluding carboxylic acids is 1. The lowest BCUT2D eigenvalue weighted by Crippen LogP contribution is -2.23. The fraction of sp³-hybridized carbons (Fsp3) is 0.190. The maximum atomic E-state index is 11.2. The number of nitrogens with zero attached hydrogens (tertiary/aromatic N) is 3. The minimum atomic E-state index is 0.0353. The molecule has 0 spiro atoms. The van der Waals surface area contributed by atoms with Gasteiger partial charge in [-0.1, -0.05) is 19.1 Å². The second-order valence-corrected chi connectivity index (χ2v) is 7.93. The number of aromatic nitrogens is 3. The number of hydrogen-bond acceptors (Lipinski definition) is 5. The summed E-state index contributed by atoms with van der Waals surface area (Å²) in [5, 5.41) is 20.7. The average molecular weight is 473 g/mol. The molecule has 29 heavy (non-hydrogen) atoms. The summed E-state index contributed by atoms with van der Waals surface area (Å²) in [6.45, 7) is 4.75. The first-order chi connectivity index (χ1) is 14.0. The Balaban J connectivity index is 0.000000188. The largest absolute Gasteiger partial charge is 0.507 e. The van der Waals surface area contributed by atoms with Crippen molar-refractivity contribution < 1.29 is 9.90 Å². The molecule has 6 nitrogen and oxygen atoms in total. The highest BCUT2D eigenvalue weighted by atomic mass is 79.9. The van der Waals surface area contributed by atoms with Crippen molar-refractivity contribution in [3.63, 3.8) is 0 Å². The number of phenolic OH excluding ortho intramolecular Hbond substituents is 1. The molecular weight excluding hydrogens is 452 g/mol. The van der Waals surface area contributed by atoms with Gasteiger partial charge in [-0.3, -0.25) is 4.79 Å². The van der Waals surface area contributed by atoms with Crippen LogP contribution in [-0.2, 0) is 0 Å². The van der Waals surface area contributed by atoms with Gasteiger partial charge in [0, 0.05) is 28.7 Å². The number of fused-ring (bicyclic) bond motifs is 1. The molecule has 0 saturated carbocycles. The number of halogens is 1. The lowest BCUT2D eigenvalue weighted by atomic mass is 10.1. The van der Waals surface area contributed by atoms with Crippen molar-refractivity contribution >= 4 is 38.8 Å². The molecule has 0 aliphatic heterocycles. The smallest absolute Gasteiger partial charge is 0.252 e. The van der Waals surface area contributed by atoms with E-state index in [1.54, 1.807) is 34.2 Å². The molecule has 0 aliphatic carbocycles. The molecule has 0 bridgehead atoms. The molecule has 1 aromatic carbocycles. The van der Waals surface area contributed by atoms with Crippen molar-refractivity contribution in [1.29, 1.82) is 0 Å². The Morgan fingerprint density at radius 1 is 1.31 bits per heavy atom. The van der Waals surface area contributed by atoms with E-state index in [4.69, 9.17) is 0 Å². The Bertz CT molecular complexity index is 1110. The molecule has 0 fully saturated rings. The van der Waals surface area contributed by atoms with Crippen LogP contribution in [0.1, 0.15) is 29.4 Å². The number of aryl methyl sites for hydroxylation is 1. The summed E-state index contributed by atoms with van der Waals surface area (Å²) in [6, 6.07) is 10.9. The number of benzene rings is 1. The number of aromatic hydroxyl groups is 1. The van der Waals surface area contributed by atoms with Gasteiger partial charge in [0.25, 0.3) is 5.91 Å². The molecule has 0 atom stereocenters. The summed E-state index contributed by atoms with van der Waals surface area (Å²) in [5.41, 5.74) is 3.93. The van der Waals surface area contributed by atoms with Crippen molar-refractivity contribution in [2.45, 2.75) is 20.3 Å². The van der Waals surface area contributed by atoms with E-state index in [9.17, 15) is 9.90 Å². The number of thiophene rings is 1. The highest BCUT2D eigenvalue weighted by Crippen LogP contribution is 2.29. The fourth-order valence-corrected chi connectivity index (χ4v) is 3.63.